The van der Waals surface area contributed by atoms with Gasteiger partial charge in [0.15, 0.2) is 11.5 Å². The van der Waals surface area contributed by atoms with Crippen LogP contribution in [0.15, 0.2) is 43.0 Å². The molecule has 8 heteroatoms. The van der Waals surface area contributed by atoms with E-state index < -0.39 is 0 Å². The summed E-state index contributed by atoms with van der Waals surface area (Å²) in [6.07, 6.45) is 6.59. The number of H-pyrrole nitrogens is 1. The van der Waals surface area contributed by atoms with Crippen LogP contribution in [0.3, 0.4) is 0 Å². The van der Waals surface area contributed by atoms with Gasteiger partial charge in [-0.3, -0.25) is 4.79 Å². The van der Waals surface area contributed by atoms with Gasteiger partial charge in [-0.2, -0.15) is 0 Å². The molecule has 3 aromatic rings. The number of aromatic amines is 1. The maximum Gasteiger partial charge on any atom is 0.221 e. The largest absolute Gasteiger partial charge is 0.356 e. The van der Waals surface area contributed by atoms with E-state index in [0.717, 1.165) is 55.8 Å². The maximum absolute atomic E-state index is 12.5. The second kappa shape index (κ2) is 9.47. The monoisotopic (exact) mass is 393 g/mol. The summed E-state index contributed by atoms with van der Waals surface area (Å²) in [5.74, 6) is 0.957. The van der Waals surface area contributed by atoms with E-state index in [1.807, 2.05) is 18.2 Å². The second-order valence-electron chi connectivity index (χ2n) is 7.32. The summed E-state index contributed by atoms with van der Waals surface area (Å²) in [4.78, 5) is 30.8. The summed E-state index contributed by atoms with van der Waals surface area (Å²) in [6.45, 7) is 3.23. The Labute approximate surface area is 170 Å². The van der Waals surface area contributed by atoms with E-state index in [2.05, 4.69) is 47.6 Å². The molecule has 1 aromatic carbocycles. The predicted octanol–water partition coefficient (Wildman–Crippen LogP) is 2.18. The average Bonchev–Trinajstić information content (AvgIpc) is 3.24. The van der Waals surface area contributed by atoms with Crippen LogP contribution in [0.5, 0.6) is 0 Å². The predicted molar refractivity (Wildman–Crippen MR) is 113 cm³/mol. The van der Waals surface area contributed by atoms with Gasteiger partial charge in [0.25, 0.3) is 0 Å². The summed E-state index contributed by atoms with van der Waals surface area (Å²) < 4.78 is 0. The van der Waals surface area contributed by atoms with Gasteiger partial charge in [0, 0.05) is 32.1 Å². The maximum atomic E-state index is 12.5. The SMILES string of the molecule is O=C1CC(c2ccccc2)NCCCCN(c2ncnc3nc[nH]c23)CCCN1. The van der Waals surface area contributed by atoms with Gasteiger partial charge in [0.2, 0.25) is 5.91 Å². The Morgan fingerprint density at radius 3 is 2.72 bits per heavy atom. The zero-order valence-corrected chi connectivity index (χ0v) is 16.5. The van der Waals surface area contributed by atoms with Crippen molar-refractivity contribution >= 4 is 22.9 Å². The average molecular weight is 393 g/mol. The Balaban J connectivity index is 1.45. The van der Waals surface area contributed by atoms with Crippen LogP contribution in [0.2, 0.25) is 0 Å². The van der Waals surface area contributed by atoms with Crippen molar-refractivity contribution in [3.63, 3.8) is 0 Å². The first-order chi connectivity index (χ1) is 14.3. The number of amides is 1. The fourth-order valence-electron chi connectivity index (χ4n) is 3.77. The number of carbonyl (C=O) groups excluding carboxylic acids is 1. The fourth-order valence-corrected chi connectivity index (χ4v) is 3.77. The number of benzene rings is 1. The molecule has 3 N–H and O–H groups in total. The lowest BCUT2D eigenvalue weighted by atomic mass is 10.0. The summed E-state index contributed by atoms with van der Waals surface area (Å²) in [5.41, 5.74) is 2.70. The molecule has 1 fully saturated rings. The van der Waals surface area contributed by atoms with Gasteiger partial charge in [0.1, 0.15) is 11.8 Å². The van der Waals surface area contributed by atoms with Gasteiger partial charge < -0.3 is 20.5 Å². The first-order valence-corrected chi connectivity index (χ1v) is 10.3. The number of hydrogen-bond acceptors (Lipinski definition) is 6. The Kier molecular flexibility index (Phi) is 6.31. The lowest BCUT2D eigenvalue weighted by Crippen LogP contribution is -2.32. The minimum absolute atomic E-state index is 0.0412. The molecular weight excluding hydrogens is 366 g/mol. The molecule has 8 nitrogen and oxygen atoms in total. The number of rotatable bonds is 2. The molecule has 1 unspecified atom stereocenters. The Bertz CT molecular complexity index is 927. The number of nitrogens with one attached hydrogen (secondary N) is 3. The number of anilines is 1. The number of nitrogens with zero attached hydrogens (tertiary/aromatic N) is 4. The van der Waals surface area contributed by atoms with Crippen LogP contribution in [0.1, 0.15) is 37.3 Å². The molecule has 0 bridgehead atoms. The first kappa shape index (κ1) is 19.3. The van der Waals surface area contributed by atoms with E-state index in [4.69, 9.17) is 0 Å². The molecule has 0 aliphatic carbocycles. The number of carbonyl (C=O) groups is 1. The molecule has 1 aliphatic heterocycles. The van der Waals surface area contributed by atoms with Crippen molar-refractivity contribution in [1.82, 2.24) is 30.6 Å². The molecule has 1 atom stereocenters. The zero-order chi connectivity index (χ0) is 19.9. The molecule has 1 saturated heterocycles. The number of hydrogen-bond donors (Lipinski definition) is 3. The summed E-state index contributed by atoms with van der Waals surface area (Å²) >= 11 is 0. The number of aromatic nitrogens is 4. The minimum atomic E-state index is 0.0412. The van der Waals surface area contributed by atoms with Gasteiger partial charge in [-0.1, -0.05) is 30.3 Å². The summed E-state index contributed by atoms with van der Waals surface area (Å²) in [5, 5.41) is 6.63. The second-order valence-corrected chi connectivity index (χ2v) is 7.32. The Hall–Kier alpha value is -3.00. The van der Waals surface area contributed by atoms with Crippen LogP contribution in [0, 0.1) is 0 Å². The topological polar surface area (TPSA) is 98.8 Å². The Morgan fingerprint density at radius 2 is 1.83 bits per heavy atom. The highest BCUT2D eigenvalue weighted by Crippen LogP contribution is 2.21. The first-order valence-electron chi connectivity index (χ1n) is 10.3. The van der Waals surface area contributed by atoms with Gasteiger partial charge in [-0.15, -0.1) is 0 Å². The third-order valence-corrected chi connectivity index (χ3v) is 5.27. The van der Waals surface area contributed by atoms with Crippen molar-refractivity contribution < 1.29 is 4.79 Å². The molecule has 29 heavy (non-hydrogen) atoms. The lowest BCUT2D eigenvalue weighted by Gasteiger charge is -2.24. The smallest absolute Gasteiger partial charge is 0.221 e. The molecule has 2 aromatic heterocycles. The van der Waals surface area contributed by atoms with E-state index in [-0.39, 0.29) is 11.9 Å². The minimum Gasteiger partial charge on any atom is -0.356 e. The van der Waals surface area contributed by atoms with E-state index in [1.165, 1.54) is 0 Å². The van der Waals surface area contributed by atoms with Crippen molar-refractivity contribution in [1.29, 1.82) is 0 Å². The van der Waals surface area contributed by atoms with Gasteiger partial charge in [0.05, 0.1) is 6.33 Å². The third kappa shape index (κ3) is 4.89. The van der Waals surface area contributed by atoms with Gasteiger partial charge in [-0.25, -0.2) is 15.0 Å². The molecule has 4 rings (SSSR count). The van der Waals surface area contributed by atoms with Crippen molar-refractivity contribution in [2.24, 2.45) is 0 Å². The molecule has 1 aliphatic rings. The van der Waals surface area contributed by atoms with Crippen LogP contribution in [0.4, 0.5) is 5.82 Å². The van der Waals surface area contributed by atoms with Crippen LogP contribution in [0.25, 0.3) is 11.2 Å². The normalized spacial score (nSPS) is 19.8. The van der Waals surface area contributed by atoms with E-state index in [0.29, 0.717) is 18.6 Å². The van der Waals surface area contributed by atoms with Gasteiger partial charge >= 0.3 is 0 Å². The quantitative estimate of drug-likeness (QED) is 0.617. The van der Waals surface area contributed by atoms with Gasteiger partial charge in [-0.05, 0) is 31.4 Å². The fraction of sp³-hybridized carbons (Fsp3) is 0.429. The van der Waals surface area contributed by atoms with E-state index in [1.54, 1.807) is 12.7 Å². The van der Waals surface area contributed by atoms with E-state index in [9.17, 15) is 4.79 Å². The number of imidazole rings is 1. The highest BCUT2D eigenvalue weighted by atomic mass is 16.1. The molecule has 1 amide bonds. The van der Waals surface area contributed by atoms with Crippen molar-refractivity contribution in [2.45, 2.75) is 31.7 Å². The van der Waals surface area contributed by atoms with Crippen molar-refractivity contribution in [2.75, 3.05) is 31.1 Å². The molecule has 0 radical (unpaired) electrons. The lowest BCUT2D eigenvalue weighted by molar-refractivity contribution is -0.121. The van der Waals surface area contributed by atoms with E-state index >= 15 is 0 Å². The molecule has 3 heterocycles. The highest BCUT2D eigenvalue weighted by molar-refractivity contribution is 5.82. The summed E-state index contributed by atoms with van der Waals surface area (Å²) in [6, 6.07) is 10.2. The molecular formula is C21H27N7O. The third-order valence-electron chi connectivity index (χ3n) is 5.27. The van der Waals surface area contributed by atoms with Crippen LogP contribution >= 0.6 is 0 Å². The zero-order valence-electron chi connectivity index (χ0n) is 16.5. The standard InChI is InChI=1S/C21H27N7O/c29-18-13-17(16-7-2-1-3-8-16)22-9-4-5-11-28(12-6-10-23-18)21-19-20(25-14-24-19)26-15-27-21/h1-3,7-8,14-15,17,22H,4-6,9-13H2,(H,23,29)(H,24,25,26,27). The molecule has 152 valence electrons. The Morgan fingerprint density at radius 1 is 0.966 bits per heavy atom. The highest BCUT2D eigenvalue weighted by Gasteiger charge is 2.17. The molecule has 0 spiro atoms. The van der Waals surface area contributed by atoms with Crippen LogP contribution < -0.4 is 15.5 Å². The van der Waals surface area contributed by atoms with Crippen LogP contribution in [-0.4, -0.2) is 52.0 Å². The summed E-state index contributed by atoms with van der Waals surface area (Å²) in [7, 11) is 0. The van der Waals surface area contributed by atoms with Crippen molar-refractivity contribution in [3.05, 3.63) is 48.5 Å². The van der Waals surface area contributed by atoms with Crippen molar-refractivity contribution in [3.8, 4) is 0 Å². The number of fused-ring (bicyclic) bond motifs is 1. The van der Waals surface area contributed by atoms with Crippen LogP contribution in [-0.2, 0) is 4.79 Å². The molecule has 0 saturated carbocycles.